The third-order valence-electron chi connectivity index (χ3n) is 2.74. The molecule has 0 atom stereocenters. The first-order valence-electron chi connectivity index (χ1n) is 6.02. The summed E-state index contributed by atoms with van der Waals surface area (Å²) in [7, 11) is 0. The van der Waals surface area contributed by atoms with Gasteiger partial charge in [0.15, 0.2) is 0 Å². The molecule has 6 heteroatoms. The van der Waals surface area contributed by atoms with Crippen LogP contribution in [-0.4, -0.2) is 6.36 Å². The maximum atomic E-state index is 12.0. The molecule has 1 heterocycles. The molecule has 20 heavy (non-hydrogen) atoms. The third kappa shape index (κ3) is 4.54. The summed E-state index contributed by atoms with van der Waals surface area (Å²) in [5, 5.41) is 5.30. The molecule has 0 radical (unpaired) electrons. The predicted octanol–water partition coefficient (Wildman–Crippen LogP) is 4.24. The molecule has 0 aliphatic heterocycles. The molecule has 1 N–H and O–H groups in total. The lowest BCUT2D eigenvalue weighted by molar-refractivity contribution is -0.274. The van der Waals surface area contributed by atoms with Gasteiger partial charge in [-0.3, -0.25) is 0 Å². The molecule has 0 saturated heterocycles. The summed E-state index contributed by atoms with van der Waals surface area (Å²) < 4.78 is 39.8. The van der Waals surface area contributed by atoms with Crippen LogP contribution < -0.4 is 10.1 Å². The molecule has 2 nitrogen and oxygen atoms in total. The van der Waals surface area contributed by atoms with Crippen LogP contribution in [0.3, 0.4) is 0 Å². The second kappa shape index (κ2) is 6.28. The van der Waals surface area contributed by atoms with Crippen molar-refractivity contribution in [2.75, 3.05) is 0 Å². The fourth-order valence-corrected chi connectivity index (χ4v) is 2.59. The number of nitrogens with one attached hydrogen (secondary N) is 1. The fourth-order valence-electron chi connectivity index (χ4n) is 1.71. The first-order chi connectivity index (χ1) is 9.44. The van der Waals surface area contributed by atoms with Gasteiger partial charge in [-0.2, -0.15) is 0 Å². The van der Waals surface area contributed by atoms with Gasteiger partial charge in [0.1, 0.15) is 5.75 Å². The van der Waals surface area contributed by atoms with Gasteiger partial charge in [0.2, 0.25) is 0 Å². The maximum absolute atomic E-state index is 12.0. The summed E-state index contributed by atoms with van der Waals surface area (Å²) in [6.45, 7) is 3.41. The van der Waals surface area contributed by atoms with Gasteiger partial charge in [0.05, 0.1) is 0 Å². The van der Waals surface area contributed by atoms with Gasteiger partial charge in [0.25, 0.3) is 0 Å². The summed E-state index contributed by atoms with van der Waals surface area (Å²) in [6.07, 6.45) is -4.64. The lowest BCUT2D eigenvalue weighted by atomic mass is 10.2. The number of hydrogen-bond donors (Lipinski definition) is 1. The smallest absolute Gasteiger partial charge is 0.406 e. The van der Waals surface area contributed by atoms with Crippen molar-refractivity contribution in [1.29, 1.82) is 0 Å². The minimum Gasteiger partial charge on any atom is -0.406 e. The number of thiophene rings is 1. The lowest BCUT2D eigenvalue weighted by Gasteiger charge is -2.09. The molecule has 1 aromatic carbocycles. The maximum Gasteiger partial charge on any atom is 0.573 e. The molecule has 0 aliphatic rings. The third-order valence-corrected chi connectivity index (χ3v) is 3.76. The quantitative estimate of drug-likeness (QED) is 0.891. The SMILES string of the molecule is Cc1ccsc1CNCc1ccc(OC(F)(F)F)cc1. The second-order valence-electron chi connectivity index (χ2n) is 4.32. The van der Waals surface area contributed by atoms with E-state index in [4.69, 9.17) is 0 Å². The van der Waals surface area contributed by atoms with Crippen molar-refractivity contribution in [3.63, 3.8) is 0 Å². The minimum atomic E-state index is -4.64. The van der Waals surface area contributed by atoms with E-state index in [0.29, 0.717) is 6.54 Å². The van der Waals surface area contributed by atoms with E-state index in [1.807, 2.05) is 5.38 Å². The molecular weight excluding hydrogens is 287 g/mol. The van der Waals surface area contributed by atoms with Crippen LogP contribution in [0.2, 0.25) is 0 Å². The molecule has 2 rings (SSSR count). The number of alkyl halides is 3. The molecule has 0 saturated carbocycles. The Bertz CT molecular complexity index is 548. The number of rotatable bonds is 5. The number of benzene rings is 1. The zero-order valence-corrected chi connectivity index (χ0v) is 11.6. The van der Waals surface area contributed by atoms with Crippen molar-refractivity contribution >= 4 is 11.3 Å². The van der Waals surface area contributed by atoms with Crippen LogP contribution >= 0.6 is 11.3 Å². The summed E-state index contributed by atoms with van der Waals surface area (Å²) in [5.41, 5.74) is 2.16. The van der Waals surface area contributed by atoms with Crippen molar-refractivity contribution < 1.29 is 17.9 Å². The molecule has 0 unspecified atom stereocenters. The Morgan fingerprint density at radius 2 is 1.80 bits per heavy atom. The van der Waals surface area contributed by atoms with Gasteiger partial charge in [-0.15, -0.1) is 24.5 Å². The van der Waals surface area contributed by atoms with Gasteiger partial charge in [-0.05, 0) is 41.6 Å². The Morgan fingerprint density at radius 1 is 1.10 bits per heavy atom. The minimum absolute atomic E-state index is 0.199. The van der Waals surface area contributed by atoms with Crippen molar-refractivity contribution in [3.8, 4) is 5.75 Å². The van der Waals surface area contributed by atoms with Crippen molar-refractivity contribution in [1.82, 2.24) is 5.32 Å². The van der Waals surface area contributed by atoms with E-state index in [1.54, 1.807) is 23.5 Å². The summed E-state index contributed by atoms with van der Waals surface area (Å²) in [6, 6.07) is 7.94. The summed E-state index contributed by atoms with van der Waals surface area (Å²) >= 11 is 1.69. The van der Waals surface area contributed by atoms with Gasteiger partial charge in [-0.25, -0.2) is 0 Å². The number of halogens is 3. The van der Waals surface area contributed by atoms with Crippen LogP contribution in [0.15, 0.2) is 35.7 Å². The van der Waals surface area contributed by atoms with E-state index in [1.165, 1.54) is 22.6 Å². The zero-order chi connectivity index (χ0) is 14.6. The van der Waals surface area contributed by atoms with E-state index >= 15 is 0 Å². The topological polar surface area (TPSA) is 21.3 Å². The highest BCUT2D eigenvalue weighted by atomic mass is 32.1. The van der Waals surface area contributed by atoms with Crippen LogP contribution in [0.25, 0.3) is 0 Å². The van der Waals surface area contributed by atoms with Gasteiger partial charge in [-0.1, -0.05) is 12.1 Å². The Labute approximate surface area is 119 Å². The number of hydrogen-bond acceptors (Lipinski definition) is 3. The first kappa shape index (κ1) is 14.9. The van der Waals surface area contributed by atoms with Crippen molar-refractivity contribution in [3.05, 3.63) is 51.7 Å². The highest BCUT2D eigenvalue weighted by molar-refractivity contribution is 7.10. The second-order valence-corrected chi connectivity index (χ2v) is 5.32. The van der Waals surface area contributed by atoms with Crippen molar-refractivity contribution in [2.45, 2.75) is 26.4 Å². The molecule has 2 aromatic rings. The van der Waals surface area contributed by atoms with Crippen LogP contribution in [0.5, 0.6) is 5.75 Å². The molecule has 108 valence electrons. The Balaban J connectivity index is 1.83. The molecule has 0 aliphatic carbocycles. The van der Waals surface area contributed by atoms with Crippen LogP contribution in [-0.2, 0) is 13.1 Å². The zero-order valence-electron chi connectivity index (χ0n) is 10.8. The van der Waals surface area contributed by atoms with Crippen molar-refractivity contribution in [2.24, 2.45) is 0 Å². The Kier molecular flexibility index (Phi) is 4.67. The Hall–Kier alpha value is -1.53. The van der Waals surface area contributed by atoms with Gasteiger partial charge < -0.3 is 10.1 Å². The van der Waals surface area contributed by atoms with Crippen LogP contribution in [0.1, 0.15) is 16.0 Å². The fraction of sp³-hybridized carbons (Fsp3) is 0.286. The molecular formula is C14H14F3NOS. The summed E-state index contributed by atoms with van der Waals surface area (Å²) in [5.74, 6) is -0.199. The summed E-state index contributed by atoms with van der Waals surface area (Å²) in [4.78, 5) is 1.27. The van der Waals surface area contributed by atoms with E-state index in [9.17, 15) is 13.2 Å². The molecule has 0 amide bonds. The molecule has 1 aromatic heterocycles. The standard InChI is InChI=1S/C14H14F3NOS/c1-10-6-7-20-13(10)9-18-8-11-2-4-12(5-3-11)19-14(15,16)17/h2-7,18H,8-9H2,1H3. The molecule has 0 spiro atoms. The highest BCUT2D eigenvalue weighted by Gasteiger charge is 2.30. The van der Waals surface area contributed by atoms with Crippen LogP contribution in [0.4, 0.5) is 13.2 Å². The number of aryl methyl sites for hydroxylation is 1. The van der Waals surface area contributed by atoms with E-state index in [-0.39, 0.29) is 5.75 Å². The predicted molar refractivity (Wildman–Crippen MR) is 72.7 cm³/mol. The average Bonchev–Trinajstić information content (AvgIpc) is 2.76. The number of ether oxygens (including phenoxy) is 1. The van der Waals surface area contributed by atoms with E-state index < -0.39 is 6.36 Å². The average molecular weight is 301 g/mol. The van der Waals surface area contributed by atoms with E-state index in [0.717, 1.165) is 12.1 Å². The lowest BCUT2D eigenvalue weighted by Crippen LogP contribution is -2.17. The first-order valence-corrected chi connectivity index (χ1v) is 6.90. The van der Waals surface area contributed by atoms with Gasteiger partial charge >= 0.3 is 6.36 Å². The normalized spacial score (nSPS) is 11.6. The van der Waals surface area contributed by atoms with Crippen LogP contribution in [0, 0.1) is 6.92 Å². The molecule has 0 fully saturated rings. The van der Waals surface area contributed by atoms with E-state index in [2.05, 4.69) is 23.0 Å². The molecule has 0 bridgehead atoms. The largest absolute Gasteiger partial charge is 0.573 e. The van der Waals surface area contributed by atoms with Gasteiger partial charge in [0, 0.05) is 18.0 Å². The monoisotopic (exact) mass is 301 g/mol. The highest BCUT2D eigenvalue weighted by Crippen LogP contribution is 2.22. The Morgan fingerprint density at radius 3 is 2.35 bits per heavy atom.